The zero-order valence-electron chi connectivity index (χ0n) is 15.3. The zero-order valence-corrected chi connectivity index (χ0v) is 17.1. The number of pyridine rings is 1. The Morgan fingerprint density at radius 1 is 1.24 bits per heavy atom. The van der Waals surface area contributed by atoms with E-state index in [-0.39, 0.29) is 35.6 Å². The first-order chi connectivity index (χ1) is 13.9. The summed E-state index contributed by atoms with van der Waals surface area (Å²) < 4.78 is 23.4. The highest BCUT2D eigenvalue weighted by molar-refractivity contribution is 7.97. The van der Waals surface area contributed by atoms with Crippen molar-refractivity contribution in [3.05, 3.63) is 68.5 Å². The predicted molar refractivity (Wildman–Crippen MR) is 106 cm³/mol. The molecule has 1 unspecified atom stereocenters. The Labute approximate surface area is 171 Å². The number of hydrogen-bond donors (Lipinski definition) is 0. The van der Waals surface area contributed by atoms with Gasteiger partial charge in [0.05, 0.1) is 34.8 Å². The van der Waals surface area contributed by atoms with Gasteiger partial charge in [0.25, 0.3) is 11.4 Å². The second kappa shape index (κ2) is 11.7. The SMILES string of the molecule is CCOP(CCN(Cc1ccccn1)Sc1ccc([N+](=O)[O-])cc1[N+](=O)[O-])OF. The highest BCUT2D eigenvalue weighted by Crippen LogP contribution is 2.40. The summed E-state index contributed by atoms with van der Waals surface area (Å²) in [5.74, 6) is 0. The molecule has 0 amide bonds. The van der Waals surface area contributed by atoms with E-state index in [0.717, 1.165) is 18.0 Å². The predicted octanol–water partition coefficient (Wildman–Crippen LogP) is 4.66. The van der Waals surface area contributed by atoms with E-state index < -0.39 is 18.2 Å². The van der Waals surface area contributed by atoms with Crippen LogP contribution in [0.25, 0.3) is 0 Å². The van der Waals surface area contributed by atoms with Crippen LogP contribution in [0.1, 0.15) is 12.6 Å². The molecule has 2 aromatic rings. The maximum absolute atomic E-state index is 12.7. The summed E-state index contributed by atoms with van der Waals surface area (Å²) in [6.45, 7) is 2.60. The number of non-ortho nitro benzene ring substituents is 1. The maximum Gasteiger partial charge on any atom is 0.291 e. The van der Waals surface area contributed by atoms with Crippen LogP contribution in [0.5, 0.6) is 0 Å². The van der Waals surface area contributed by atoms with Gasteiger partial charge in [-0.05, 0) is 41.6 Å². The Bertz CT molecular complexity index is 834. The fourth-order valence-corrected chi connectivity index (χ4v) is 4.34. The summed E-state index contributed by atoms with van der Waals surface area (Å²) in [6.07, 6.45) is 1.84. The van der Waals surface area contributed by atoms with Gasteiger partial charge in [0.2, 0.25) is 8.38 Å². The van der Waals surface area contributed by atoms with E-state index in [1.54, 1.807) is 35.6 Å². The molecular formula is C16H18FN4O6PS. The van der Waals surface area contributed by atoms with Crippen molar-refractivity contribution in [2.75, 3.05) is 19.3 Å². The van der Waals surface area contributed by atoms with Crippen LogP contribution < -0.4 is 0 Å². The lowest BCUT2D eigenvalue weighted by Gasteiger charge is -2.22. The van der Waals surface area contributed by atoms with E-state index in [1.165, 1.54) is 12.1 Å². The lowest BCUT2D eigenvalue weighted by atomic mass is 10.3. The fourth-order valence-electron chi connectivity index (χ4n) is 2.26. The molecule has 1 atom stereocenters. The molecule has 0 N–H and O–H groups in total. The van der Waals surface area contributed by atoms with Crippen LogP contribution in [0, 0.1) is 20.2 Å². The number of aromatic nitrogens is 1. The van der Waals surface area contributed by atoms with Crippen molar-refractivity contribution in [3.8, 4) is 0 Å². The van der Waals surface area contributed by atoms with Gasteiger partial charge in [-0.25, -0.2) is 4.31 Å². The molecule has 0 aliphatic heterocycles. The number of nitro benzene ring substituents is 2. The summed E-state index contributed by atoms with van der Waals surface area (Å²) in [4.78, 5) is 25.4. The lowest BCUT2D eigenvalue weighted by molar-refractivity contribution is -0.396. The zero-order chi connectivity index (χ0) is 21.2. The lowest BCUT2D eigenvalue weighted by Crippen LogP contribution is -2.20. The van der Waals surface area contributed by atoms with Crippen LogP contribution in [0.2, 0.25) is 0 Å². The molecule has 29 heavy (non-hydrogen) atoms. The molecule has 1 aromatic carbocycles. The highest BCUT2D eigenvalue weighted by Gasteiger charge is 2.23. The third kappa shape index (κ3) is 7.26. The van der Waals surface area contributed by atoms with Gasteiger partial charge in [-0.3, -0.25) is 25.2 Å². The molecule has 156 valence electrons. The number of hydrogen-bond acceptors (Lipinski definition) is 9. The molecule has 0 radical (unpaired) electrons. The van der Waals surface area contributed by atoms with E-state index in [0.29, 0.717) is 12.2 Å². The number of nitro groups is 2. The number of benzene rings is 1. The third-order valence-corrected chi connectivity index (χ3v) is 5.90. The molecule has 0 saturated heterocycles. The fraction of sp³-hybridized carbons (Fsp3) is 0.312. The van der Waals surface area contributed by atoms with Gasteiger partial charge in [-0.2, -0.15) is 0 Å². The van der Waals surface area contributed by atoms with E-state index in [9.17, 15) is 24.8 Å². The van der Waals surface area contributed by atoms with Gasteiger partial charge in [0, 0.05) is 25.0 Å². The number of nitrogens with zero attached hydrogens (tertiary/aromatic N) is 4. The second-order valence-electron chi connectivity index (χ2n) is 5.49. The number of rotatable bonds is 12. The smallest absolute Gasteiger partial charge is 0.291 e. The van der Waals surface area contributed by atoms with Crippen molar-refractivity contribution in [2.45, 2.75) is 18.4 Å². The molecule has 10 nitrogen and oxygen atoms in total. The molecule has 13 heteroatoms. The largest absolute Gasteiger partial charge is 0.332 e. The van der Waals surface area contributed by atoms with Gasteiger partial charge < -0.3 is 4.52 Å². The Balaban J connectivity index is 2.23. The van der Waals surface area contributed by atoms with Crippen molar-refractivity contribution in [1.29, 1.82) is 0 Å². The van der Waals surface area contributed by atoms with Crippen LogP contribution in [-0.2, 0) is 15.8 Å². The van der Waals surface area contributed by atoms with Crippen molar-refractivity contribution in [1.82, 2.24) is 9.29 Å². The Kier molecular flexibility index (Phi) is 9.29. The quantitative estimate of drug-likeness (QED) is 0.199. The summed E-state index contributed by atoms with van der Waals surface area (Å²) in [7, 11) is -1.74. The van der Waals surface area contributed by atoms with Crippen LogP contribution in [0.15, 0.2) is 47.5 Å². The Morgan fingerprint density at radius 2 is 2.03 bits per heavy atom. The molecule has 0 bridgehead atoms. The molecule has 2 rings (SSSR count). The minimum Gasteiger partial charge on any atom is -0.332 e. The van der Waals surface area contributed by atoms with Gasteiger partial charge in [-0.1, -0.05) is 6.07 Å². The van der Waals surface area contributed by atoms with Gasteiger partial charge >= 0.3 is 0 Å². The van der Waals surface area contributed by atoms with Crippen LogP contribution in [0.3, 0.4) is 0 Å². The summed E-state index contributed by atoms with van der Waals surface area (Å²) in [5.41, 5.74) is -0.0569. The minimum absolute atomic E-state index is 0.221. The third-order valence-electron chi connectivity index (χ3n) is 3.52. The normalized spacial score (nSPS) is 12.1. The first kappa shape index (κ1) is 23.0. The topological polar surface area (TPSA) is 121 Å². The average molecular weight is 444 g/mol. The van der Waals surface area contributed by atoms with E-state index in [2.05, 4.69) is 9.71 Å². The standard InChI is InChI=1S/C16H18FN4O6PS/c1-2-26-28(27-17)10-9-19(12-13-5-3-4-8-18-13)29-16-7-6-14(20(22)23)11-15(16)21(24)25/h3-8,11H,2,9-10,12H2,1H3. The summed E-state index contributed by atoms with van der Waals surface area (Å²) in [5, 5.41) is 22.3. The van der Waals surface area contributed by atoms with Crippen molar-refractivity contribution < 1.29 is 23.6 Å². The van der Waals surface area contributed by atoms with Crippen LogP contribution in [-0.4, -0.2) is 38.4 Å². The van der Waals surface area contributed by atoms with Crippen molar-refractivity contribution in [2.24, 2.45) is 0 Å². The Hall–Kier alpha value is -2.24. The first-order valence-electron chi connectivity index (χ1n) is 8.39. The highest BCUT2D eigenvalue weighted by atomic mass is 32.2. The van der Waals surface area contributed by atoms with E-state index >= 15 is 0 Å². The average Bonchev–Trinajstić information content (AvgIpc) is 2.71. The maximum atomic E-state index is 12.7. The molecule has 0 spiro atoms. The molecule has 0 aliphatic carbocycles. The molecule has 1 heterocycles. The van der Waals surface area contributed by atoms with E-state index in [1.807, 2.05) is 0 Å². The molecular weight excluding hydrogens is 426 g/mol. The van der Waals surface area contributed by atoms with E-state index in [4.69, 9.17) is 4.52 Å². The van der Waals surface area contributed by atoms with Gasteiger partial charge in [0.15, 0.2) is 0 Å². The molecule has 1 aromatic heterocycles. The van der Waals surface area contributed by atoms with Crippen LogP contribution >= 0.6 is 20.3 Å². The number of halogens is 1. The first-order valence-corrected chi connectivity index (χ1v) is 10.5. The molecule has 0 fully saturated rings. The van der Waals surface area contributed by atoms with Crippen molar-refractivity contribution in [3.63, 3.8) is 0 Å². The Morgan fingerprint density at radius 3 is 2.62 bits per heavy atom. The summed E-state index contributed by atoms with van der Waals surface area (Å²) in [6, 6.07) is 8.79. The van der Waals surface area contributed by atoms with Crippen molar-refractivity contribution >= 4 is 31.7 Å². The van der Waals surface area contributed by atoms with Crippen LogP contribution in [0.4, 0.5) is 15.9 Å². The van der Waals surface area contributed by atoms with Gasteiger partial charge in [0.1, 0.15) is 4.90 Å². The minimum atomic E-state index is -1.74. The monoisotopic (exact) mass is 444 g/mol. The molecule has 0 aliphatic rings. The summed E-state index contributed by atoms with van der Waals surface area (Å²) >= 11 is 1.04. The van der Waals surface area contributed by atoms with Gasteiger partial charge in [-0.15, -0.1) is 4.73 Å². The molecule has 0 saturated carbocycles. The second-order valence-corrected chi connectivity index (χ2v) is 8.13.